The molecule has 0 spiro atoms. The van der Waals surface area contributed by atoms with Crippen molar-refractivity contribution in [3.05, 3.63) is 94.7 Å². The molecule has 0 radical (unpaired) electrons. The van der Waals surface area contributed by atoms with Gasteiger partial charge in [-0.05, 0) is 56.3 Å². The summed E-state index contributed by atoms with van der Waals surface area (Å²) in [4.78, 5) is 13.1. The summed E-state index contributed by atoms with van der Waals surface area (Å²) in [7, 11) is -3.72. The molecule has 4 rings (SSSR count). The number of carbonyl (C=O) groups is 1. The quantitative estimate of drug-likeness (QED) is 0.369. The molecular weight excluding hydrogens is 462 g/mol. The van der Waals surface area contributed by atoms with Crippen molar-refractivity contribution >= 4 is 38.9 Å². The smallest absolute Gasteiger partial charge is 0.261 e. The van der Waals surface area contributed by atoms with E-state index in [-0.39, 0.29) is 10.5 Å². The Morgan fingerprint density at radius 2 is 1.55 bits per heavy atom. The highest BCUT2D eigenvalue weighted by molar-refractivity contribution is 7.92. The van der Waals surface area contributed by atoms with Crippen molar-refractivity contribution in [1.29, 1.82) is 0 Å². The predicted octanol–water partition coefficient (Wildman–Crippen LogP) is 5.66. The third-order valence-electron chi connectivity index (χ3n) is 4.95. The molecule has 0 unspecified atom stereocenters. The van der Waals surface area contributed by atoms with Crippen molar-refractivity contribution in [3.63, 3.8) is 0 Å². The molecule has 0 saturated carbocycles. The highest BCUT2D eigenvalue weighted by Crippen LogP contribution is 2.31. The zero-order chi connectivity index (χ0) is 23.6. The molecule has 0 aliphatic rings. The molecule has 1 heterocycles. The van der Waals surface area contributed by atoms with E-state index < -0.39 is 15.9 Å². The third kappa shape index (κ3) is 4.92. The van der Waals surface area contributed by atoms with Crippen molar-refractivity contribution < 1.29 is 17.7 Å². The number of hydrogen-bond donors (Lipinski definition) is 2. The summed E-state index contributed by atoms with van der Waals surface area (Å²) in [6.45, 7) is 3.53. The number of rotatable bonds is 6. The summed E-state index contributed by atoms with van der Waals surface area (Å²) in [6.07, 6.45) is 0. The fourth-order valence-electron chi connectivity index (χ4n) is 3.22. The Bertz CT molecular complexity index is 1410. The lowest BCUT2D eigenvalue weighted by atomic mass is 10.1. The average Bonchev–Trinajstić information content (AvgIpc) is 3.17. The maximum atomic E-state index is 13.0. The molecule has 4 aromatic rings. The van der Waals surface area contributed by atoms with E-state index in [4.69, 9.17) is 16.1 Å². The van der Waals surface area contributed by atoms with E-state index in [1.807, 2.05) is 6.92 Å². The minimum atomic E-state index is -3.72. The van der Waals surface area contributed by atoms with E-state index in [9.17, 15) is 13.2 Å². The lowest BCUT2D eigenvalue weighted by molar-refractivity contribution is 0.102. The molecule has 0 aliphatic heterocycles. The lowest BCUT2D eigenvalue weighted by Crippen LogP contribution is -2.14. The van der Waals surface area contributed by atoms with Gasteiger partial charge in [0.25, 0.3) is 15.9 Å². The van der Waals surface area contributed by atoms with E-state index in [1.165, 1.54) is 0 Å². The van der Waals surface area contributed by atoms with Gasteiger partial charge in [-0.3, -0.25) is 9.52 Å². The van der Waals surface area contributed by atoms with Gasteiger partial charge in [0.05, 0.1) is 9.92 Å². The van der Waals surface area contributed by atoms with Crippen LogP contribution in [0.25, 0.3) is 11.3 Å². The molecule has 168 valence electrons. The number of amides is 1. The van der Waals surface area contributed by atoms with Crippen molar-refractivity contribution in [2.45, 2.75) is 18.7 Å². The van der Waals surface area contributed by atoms with Gasteiger partial charge in [0.2, 0.25) is 0 Å². The van der Waals surface area contributed by atoms with Gasteiger partial charge in [0, 0.05) is 16.9 Å². The highest BCUT2D eigenvalue weighted by Gasteiger charge is 2.23. The van der Waals surface area contributed by atoms with Crippen LogP contribution in [-0.2, 0) is 10.0 Å². The SMILES string of the molecule is Cc1ccc(S(=O)(=O)Nc2ccc(NC(=O)c3c(-c4ccccc4Cl)noc3C)cc2)cc1. The minimum absolute atomic E-state index is 0.167. The average molecular weight is 482 g/mol. The first-order valence-electron chi connectivity index (χ1n) is 9.97. The standard InChI is InChI=1S/C24H20ClN3O4S/c1-15-7-13-19(14-8-15)33(30,31)28-18-11-9-17(10-12-18)26-24(29)22-16(2)32-27-23(22)20-5-3-4-6-21(20)25/h3-14,28H,1-2H3,(H,26,29). The van der Waals surface area contributed by atoms with Gasteiger partial charge in [-0.25, -0.2) is 8.42 Å². The number of sulfonamides is 1. The maximum absolute atomic E-state index is 13.0. The first-order valence-corrected chi connectivity index (χ1v) is 11.8. The number of nitrogens with zero attached hydrogens (tertiary/aromatic N) is 1. The Hall–Kier alpha value is -3.62. The molecule has 3 aromatic carbocycles. The Morgan fingerprint density at radius 3 is 2.21 bits per heavy atom. The largest absolute Gasteiger partial charge is 0.360 e. The van der Waals surface area contributed by atoms with Crippen LogP contribution >= 0.6 is 11.6 Å². The van der Waals surface area contributed by atoms with Crippen molar-refractivity contribution in [2.75, 3.05) is 10.0 Å². The summed E-state index contributed by atoms with van der Waals surface area (Å²) in [5.74, 6) is -0.0680. The lowest BCUT2D eigenvalue weighted by Gasteiger charge is -2.10. The van der Waals surface area contributed by atoms with E-state index in [0.717, 1.165) is 5.56 Å². The van der Waals surface area contributed by atoms with Gasteiger partial charge < -0.3 is 9.84 Å². The van der Waals surface area contributed by atoms with Crippen LogP contribution in [0.15, 0.2) is 82.2 Å². The second-order valence-corrected chi connectivity index (χ2v) is 9.48. The number of nitrogens with one attached hydrogen (secondary N) is 2. The van der Waals surface area contributed by atoms with E-state index in [0.29, 0.717) is 33.4 Å². The topological polar surface area (TPSA) is 101 Å². The number of anilines is 2. The van der Waals surface area contributed by atoms with E-state index >= 15 is 0 Å². The number of aromatic nitrogens is 1. The van der Waals surface area contributed by atoms with Crippen LogP contribution in [0, 0.1) is 13.8 Å². The zero-order valence-electron chi connectivity index (χ0n) is 17.8. The molecule has 0 bridgehead atoms. The second kappa shape index (κ2) is 9.09. The van der Waals surface area contributed by atoms with E-state index in [1.54, 1.807) is 79.7 Å². The van der Waals surface area contributed by atoms with Crippen LogP contribution in [0.5, 0.6) is 0 Å². The molecule has 1 aromatic heterocycles. The Balaban J connectivity index is 1.51. The van der Waals surface area contributed by atoms with Gasteiger partial charge in [-0.2, -0.15) is 0 Å². The predicted molar refractivity (Wildman–Crippen MR) is 128 cm³/mol. The van der Waals surface area contributed by atoms with Crippen LogP contribution in [0.2, 0.25) is 5.02 Å². The molecule has 0 saturated heterocycles. The summed E-state index contributed by atoms with van der Waals surface area (Å²) in [6, 6.07) is 19.9. The van der Waals surface area contributed by atoms with Gasteiger partial charge >= 0.3 is 0 Å². The van der Waals surface area contributed by atoms with Crippen LogP contribution in [0.4, 0.5) is 11.4 Å². The fraction of sp³-hybridized carbons (Fsp3) is 0.0833. The first kappa shape index (κ1) is 22.6. The molecule has 9 heteroatoms. The number of carbonyl (C=O) groups excluding carboxylic acids is 1. The molecule has 1 amide bonds. The minimum Gasteiger partial charge on any atom is -0.360 e. The van der Waals surface area contributed by atoms with Crippen molar-refractivity contribution in [3.8, 4) is 11.3 Å². The second-order valence-electron chi connectivity index (χ2n) is 7.39. The van der Waals surface area contributed by atoms with Gasteiger partial charge in [-0.1, -0.05) is 52.7 Å². The van der Waals surface area contributed by atoms with Crippen LogP contribution in [0.3, 0.4) is 0 Å². The summed E-state index contributed by atoms with van der Waals surface area (Å²) in [5, 5.41) is 7.23. The van der Waals surface area contributed by atoms with Crippen LogP contribution in [-0.4, -0.2) is 19.5 Å². The Labute approximate surface area is 196 Å². The van der Waals surface area contributed by atoms with Crippen molar-refractivity contribution in [2.24, 2.45) is 0 Å². The fourth-order valence-corrected chi connectivity index (χ4v) is 4.51. The number of aryl methyl sites for hydroxylation is 2. The van der Waals surface area contributed by atoms with E-state index in [2.05, 4.69) is 15.2 Å². The Morgan fingerprint density at radius 1 is 0.909 bits per heavy atom. The molecular formula is C24H20ClN3O4S. The van der Waals surface area contributed by atoms with Gasteiger partial charge in [0.15, 0.2) is 0 Å². The van der Waals surface area contributed by atoms with Crippen molar-refractivity contribution in [1.82, 2.24) is 5.16 Å². The zero-order valence-corrected chi connectivity index (χ0v) is 19.4. The highest BCUT2D eigenvalue weighted by atomic mass is 35.5. The summed E-state index contributed by atoms with van der Waals surface area (Å²) < 4.78 is 32.9. The van der Waals surface area contributed by atoms with Gasteiger partial charge in [-0.15, -0.1) is 0 Å². The summed E-state index contributed by atoms with van der Waals surface area (Å²) in [5.41, 5.74) is 3.01. The molecule has 0 fully saturated rings. The van der Waals surface area contributed by atoms with Crippen LogP contribution < -0.4 is 10.0 Å². The molecule has 33 heavy (non-hydrogen) atoms. The number of halogens is 1. The molecule has 0 aliphatic carbocycles. The Kier molecular flexibility index (Phi) is 6.22. The van der Waals surface area contributed by atoms with Gasteiger partial charge in [0.1, 0.15) is 17.0 Å². The molecule has 7 nitrogen and oxygen atoms in total. The van der Waals surface area contributed by atoms with Crippen LogP contribution in [0.1, 0.15) is 21.7 Å². The molecule has 0 atom stereocenters. The maximum Gasteiger partial charge on any atom is 0.261 e. The first-order chi connectivity index (χ1) is 15.7. The third-order valence-corrected chi connectivity index (χ3v) is 6.67. The number of benzene rings is 3. The number of hydrogen-bond acceptors (Lipinski definition) is 5. The molecule has 2 N–H and O–H groups in total. The summed E-state index contributed by atoms with van der Waals surface area (Å²) >= 11 is 6.26. The monoisotopic (exact) mass is 481 g/mol. The normalized spacial score (nSPS) is 11.2.